The van der Waals surface area contributed by atoms with Crippen molar-refractivity contribution >= 4 is 35.0 Å². The van der Waals surface area contributed by atoms with Gasteiger partial charge in [-0.3, -0.25) is 4.79 Å². The van der Waals surface area contributed by atoms with Crippen molar-refractivity contribution in [2.75, 3.05) is 5.32 Å². The maximum atomic E-state index is 13.5. The van der Waals surface area contributed by atoms with Crippen LogP contribution >= 0.6 is 23.4 Å². The Kier molecular flexibility index (Phi) is 7.47. The summed E-state index contributed by atoms with van der Waals surface area (Å²) in [6, 6.07) is 21.8. The maximum Gasteiger partial charge on any atom is 0.418 e. The van der Waals surface area contributed by atoms with E-state index >= 15 is 0 Å². The van der Waals surface area contributed by atoms with Crippen LogP contribution in [0.1, 0.15) is 27.8 Å². The standard InChI is InChI=1S/C25H20ClF3N4OS/c1-33-21(14-16-8-4-2-5-9-16)31-32-24(33)35-22(17-10-6-3-7-11-17)23(34)30-20-13-12-18(26)15-19(20)25(27,28)29/h2-13,15,22H,14H2,1H3,(H,30,34)/t22-/m0/s1. The Hall–Kier alpha value is -3.30. The lowest BCUT2D eigenvalue weighted by Crippen LogP contribution is -2.22. The smallest absolute Gasteiger partial charge is 0.324 e. The van der Waals surface area contributed by atoms with E-state index in [0.29, 0.717) is 23.0 Å². The van der Waals surface area contributed by atoms with Gasteiger partial charge in [0.2, 0.25) is 5.91 Å². The molecule has 1 aromatic heterocycles. The number of amides is 1. The normalized spacial score (nSPS) is 12.4. The Balaban J connectivity index is 1.62. The molecule has 0 radical (unpaired) electrons. The van der Waals surface area contributed by atoms with Crippen molar-refractivity contribution in [1.82, 2.24) is 14.8 Å². The van der Waals surface area contributed by atoms with Crippen LogP contribution in [0.2, 0.25) is 5.02 Å². The van der Waals surface area contributed by atoms with Crippen LogP contribution in [0.3, 0.4) is 0 Å². The molecule has 1 N–H and O–H groups in total. The van der Waals surface area contributed by atoms with E-state index in [2.05, 4.69) is 15.5 Å². The van der Waals surface area contributed by atoms with Crippen LogP contribution in [-0.2, 0) is 24.4 Å². The number of carbonyl (C=O) groups excluding carboxylic acids is 1. The molecule has 0 aliphatic heterocycles. The second-order valence-corrected chi connectivity index (χ2v) is 9.21. The molecule has 1 amide bonds. The lowest BCUT2D eigenvalue weighted by Gasteiger charge is -2.19. The summed E-state index contributed by atoms with van der Waals surface area (Å²) in [5.74, 6) is 0.0737. The minimum Gasteiger partial charge on any atom is -0.324 e. The molecule has 0 saturated carbocycles. The summed E-state index contributed by atoms with van der Waals surface area (Å²) in [4.78, 5) is 13.3. The zero-order valence-corrected chi connectivity index (χ0v) is 20.0. The Morgan fingerprint density at radius 2 is 1.69 bits per heavy atom. The summed E-state index contributed by atoms with van der Waals surface area (Å²) in [6.07, 6.45) is -4.13. The van der Waals surface area contributed by atoms with E-state index in [9.17, 15) is 18.0 Å². The van der Waals surface area contributed by atoms with Crippen molar-refractivity contribution in [3.63, 3.8) is 0 Å². The molecule has 0 aliphatic carbocycles. The third kappa shape index (κ3) is 6.04. The van der Waals surface area contributed by atoms with Crippen LogP contribution in [0.15, 0.2) is 84.0 Å². The van der Waals surface area contributed by atoms with Gasteiger partial charge in [0.1, 0.15) is 11.1 Å². The average Bonchev–Trinajstić information content (AvgIpc) is 3.18. The molecule has 0 aliphatic rings. The fourth-order valence-corrected chi connectivity index (χ4v) is 4.64. The summed E-state index contributed by atoms with van der Waals surface area (Å²) in [7, 11) is 1.79. The van der Waals surface area contributed by atoms with E-state index in [1.807, 2.05) is 30.3 Å². The monoisotopic (exact) mass is 516 g/mol. The second-order valence-electron chi connectivity index (χ2n) is 7.71. The number of nitrogens with one attached hydrogen (secondary N) is 1. The third-order valence-electron chi connectivity index (χ3n) is 5.24. The van der Waals surface area contributed by atoms with E-state index in [4.69, 9.17) is 11.6 Å². The maximum absolute atomic E-state index is 13.5. The van der Waals surface area contributed by atoms with Gasteiger partial charge in [0.05, 0.1) is 11.3 Å². The molecule has 5 nitrogen and oxygen atoms in total. The molecule has 3 aromatic carbocycles. The average molecular weight is 517 g/mol. The van der Waals surface area contributed by atoms with Crippen molar-refractivity contribution in [2.45, 2.75) is 23.0 Å². The topological polar surface area (TPSA) is 59.8 Å². The fraction of sp³-hybridized carbons (Fsp3) is 0.160. The van der Waals surface area contributed by atoms with Gasteiger partial charge in [-0.25, -0.2) is 0 Å². The lowest BCUT2D eigenvalue weighted by atomic mass is 10.1. The summed E-state index contributed by atoms with van der Waals surface area (Å²) in [6.45, 7) is 0. The quantitative estimate of drug-likeness (QED) is 0.283. The second kappa shape index (κ2) is 10.5. The van der Waals surface area contributed by atoms with Gasteiger partial charge in [-0.15, -0.1) is 10.2 Å². The molecule has 180 valence electrons. The van der Waals surface area contributed by atoms with Crippen molar-refractivity contribution in [2.24, 2.45) is 7.05 Å². The van der Waals surface area contributed by atoms with E-state index in [1.165, 1.54) is 6.07 Å². The summed E-state index contributed by atoms with van der Waals surface area (Å²) in [5.41, 5.74) is 0.291. The van der Waals surface area contributed by atoms with Crippen molar-refractivity contribution in [1.29, 1.82) is 0 Å². The molecule has 10 heteroatoms. The number of thioether (sulfide) groups is 1. The van der Waals surface area contributed by atoms with Gasteiger partial charge >= 0.3 is 6.18 Å². The zero-order valence-electron chi connectivity index (χ0n) is 18.5. The number of carbonyl (C=O) groups is 1. The van der Waals surface area contributed by atoms with Gasteiger partial charge < -0.3 is 9.88 Å². The Morgan fingerprint density at radius 1 is 1.03 bits per heavy atom. The highest BCUT2D eigenvalue weighted by Crippen LogP contribution is 2.39. The van der Waals surface area contributed by atoms with E-state index in [0.717, 1.165) is 29.5 Å². The molecular formula is C25H20ClF3N4OS. The highest BCUT2D eigenvalue weighted by molar-refractivity contribution is 8.00. The number of aromatic nitrogens is 3. The molecule has 1 atom stereocenters. The van der Waals surface area contributed by atoms with E-state index in [1.54, 1.807) is 41.9 Å². The Labute approximate surface area is 209 Å². The summed E-state index contributed by atoms with van der Waals surface area (Å²) >= 11 is 6.88. The highest BCUT2D eigenvalue weighted by atomic mass is 35.5. The van der Waals surface area contributed by atoms with Gasteiger partial charge in [0.15, 0.2) is 5.16 Å². The van der Waals surface area contributed by atoms with Crippen molar-refractivity contribution in [3.8, 4) is 0 Å². The molecule has 4 aromatic rings. The highest BCUT2D eigenvalue weighted by Gasteiger charge is 2.35. The number of nitrogens with zero attached hydrogens (tertiary/aromatic N) is 3. The number of halogens is 4. The van der Waals surface area contributed by atoms with Crippen LogP contribution in [0.25, 0.3) is 0 Å². The van der Waals surface area contributed by atoms with Crippen molar-refractivity contribution < 1.29 is 18.0 Å². The third-order valence-corrected chi connectivity index (χ3v) is 6.76. The van der Waals surface area contributed by atoms with Crippen LogP contribution in [0, 0.1) is 0 Å². The van der Waals surface area contributed by atoms with E-state index < -0.39 is 22.9 Å². The molecule has 4 rings (SSSR count). The Morgan fingerprint density at radius 3 is 2.34 bits per heavy atom. The van der Waals surface area contributed by atoms with Gasteiger partial charge in [-0.1, -0.05) is 84.0 Å². The molecule has 0 unspecified atom stereocenters. The van der Waals surface area contributed by atoms with Gasteiger partial charge in [-0.05, 0) is 29.3 Å². The number of benzene rings is 3. The van der Waals surface area contributed by atoms with Crippen LogP contribution in [0.4, 0.5) is 18.9 Å². The molecule has 1 heterocycles. The molecular weight excluding hydrogens is 497 g/mol. The van der Waals surface area contributed by atoms with Crippen molar-refractivity contribution in [3.05, 3.63) is 106 Å². The number of rotatable bonds is 7. The number of hydrogen-bond donors (Lipinski definition) is 1. The molecule has 35 heavy (non-hydrogen) atoms. The fourth-order valence-electron chi connectivity index (χ4n) is 3.44. The van der Waals surface area contributed by atoms with E-state index in [-0.39, 0.29) is 10.7 Å². The van der Waals surface area contributed by atoms with Crippen LogP contribution in [0.5, 0.6) is 0 Å². The number of anilines is 1. The van der Waals surface area contributed by atoms with Gasteiger partial charge in [0, 0.05) is 18.5 Å². The minimum atomic E-state index is -4.68. The largest absolute Gasteiger partial charge is 0.418 e. The molecule has 0 saturated heterocycles. The Bertz CT molecular complexity index is 1310. The molecule has 0 spiro atoms. The first-order valence-electron chi connectivity index (χ1n) is 10.5. The predicted octanol–water partition coefficient (Wildman–Crippen LogP) is 6.55. The summed E-state index contributed by atoms with van der Waals surface area (Å²) < 4.78 is 42.4. The summed E-state index contributed by atoms with van der Waals surface area (Å²) in [5, 5.41) is 10.4. The van der Waals surface area contributed by atoms with Crippen LogP contribution < -0.4 is 5.32 Å². The first-order valence-corrected chi connectivity index (χ1v) is 11.8. The SMILES string of the molecule is Cn1c(Cc2ccccc2)nnc1S[C@H](C(=O)Nc1ccc(Cl)cc1C(F)(F)F)c1ccccc1. The molecule has 0 fully saturated rings. The number of alkyl halides is 3. The zero-order chi connectivity index (χ0) is 25.0. The first-order chi connectivity index (χ1) is 16.7. The predicted molar refractivity (Wildman–Crippen MR) is 130 cm³/mol. The van der Waals surface area contributed by atoms with Gasteiger partial charge in [-0.2, -0.15) is 13.2 Å². The first kappa shape index (κ1) is 24.8. The number of hydrogen-bond acceptors (Lipinski definition) is 4. The molecule has 0 bridgehead atoms. The lowest BCUT2D eigenvalue weighted by molar-refractivity contribution is -0.137. The van der Waals surface area contributed by atoms with Crippen LogP contribution in [-0.4, -0.2) is 20.7 Å². The minimum absolute atomic E-state index is 0.0747. The van der Waals surface area contributed by atoms with Gasteiger partial charge in [0.25, 0.3) is 0 Å².